The van der Waals surface area contributed by atoms with Crippen molar-refractivity contribution in [3.8, 4) is 39.6 Å². The summed E-state index contributed by atoms with van der Waals surface area (Å²) < 4.78 is 21.4. The highest BCUT2D eigenvalue weighted by molar-refractivity contribution is 5.87. The highest BCUT2D eigenvalue weighted by Gasteiger charge is 2.21. The van der Waals surface area contributed by atoms with Gasteiger partial charge in [-0.1, -0.05) is 5.16 Å². The summed E-state index contributed by atoms with van der Waals surface area (Å²) in [6, 6.07) is 9.42. The third-order valence-corrected chi connectivity index (χ3v) is 4.05. The number of fused-ring (bicyclic) bond motifs is 1. The Morgan fingerprint density at radius 1 is 1.12 bits per heavy atom. The van der Waals surface area contributed by atoms with Crippen LogP contribution in [0.15, 0.2) is 41.1 Å². The molecule has 0 saturated heterocycles. The number of hydrogen-bond donors (Lipinski definition) is 1. The molecule has 2 N–H and O–H groups in total. The van der Waals surface area contributed by atoms with E-state index in [2.05, 4.69) is 5.16 Å². The average Bonchev–Trinajstić information content (AvgIpc) is 3.23. The molecule has 3 aromatic rings. The zero-order chi connectivity index (χ0) is 16.7. The Balaban J connectivity index is 1.83. The van der Waals surface area contributed by atoms with Crippen molar-refractivity contribution in [3.63, 3.8) is 0 Å². The molecule has 0 atom stereocenters. The smallest absolute Gasteiger partial charge is 0.231 e. The summed E-state index contributed by atoms with van der Waals surface area (Å²) in [4.78, 5) is 0. The molecule has 1 aliphatic rings. The molecule has 0 unspecified atom stereocenters. The highest BCUT2D eigenvalue weighted by atomic mass is 16.7. The van der Waals surface area contributed by atoms with E-state index in [1.165, 1.54) is 0 Å². The molecule has 0 spiro atoms. The lowest BCUT2D eigenvalue weighted by Gasteiger charge is -2.09. The molecule has 0 saturated carbocycles. The number of hydrogen-bond acceptors (Lipinski definition) is 6. The fourth-order valence-corrected chi connectivity index (χ4v) is 2.87. The zero-order valence-corrected chi connectivity index (χ0v) is 13.3. The second-order valence-electron chi connectivity index (χ2n) is 5.56. The van der Waals surface area contributed by atoms with Crippen LogP contribution < -0.4 is 19.9 Å². The van der Waals surface area contributed by atoms with Gasteiger partial charge in [0, 0.05) is 22.9 Å². The Morgan fingerprint density at radius 3 is 2.79 bits per heavy atom. The minimum absolute atomic E-state index is 0.233. The van der Waals surface area contributed by atoms with E-state index in [0.717, 1.165) is 28.0 Å². The number of nitrogens with zero attached hydrogens (tertiary/aromatic N) is 1. The van der Waals surface area contributed by atoms with Crippen molar-refractivity contribution in [1.29, 1.82) is 0 Å². The Bertz CT molecular complexity index is 917. The van der Waals surface area contributed by atoms with Gasteiger partial charge in [-0.05, 0) is 36.8 Å². The summed E-state index contributed by atoms with van der Waals surface area (Å²) in [6.07, 6.45) is 1.59. The van der Waals surface area contributed by atoms with Gasteiger partial charge in [0.25, 0.3) is 0 Å². The largest absolute Gasteiger partial charge is 0.497 e. The van der Waals surface area contributed by atoms with E-state index >= 15 is 0 Å². The first-order valence-corrected chi connectivity index (χ1v) is 7.46. The number of methoxy groups -OCH3 is 1. The van der Waals surface area contributed by atoms with Crippen molar-refractivity contribution in [1.82, 2.24) is 5.16 Å². The first kappa shape index (κ1) is 14.4. The molecule has 1 aromatic heterocycles. The van der Waals surface area contributed by atoms with Crippen molar-refractivity contribution < 1.29 is 18.7 Å². The van der Waals surface area contributed by atoms with Crippen LogP contribution in [0.4, 0.5) is 5.69 Å². The predicted molar refractivity (Wildman–Crippen MR) is 89.2 cm³/mol. The van der Waals surface area contributed by atoms with Crippen LogP contribution in [0.3, 0.4) is 0 Å². The third kappa shape index (κ3) is 2.23. The maximum Gasteiger partial charge on any atom is 0.231 e. The maximum atomic E-state index is 6.16. The lowest BCUT2D eigenvalue weighted by atomic mass is 9.99. The number of benzene rings is 2. The first-order valence-electron chi connectivity index (χ1n) is 7.46. The Labute approximate surface area is 138 Å². The topological polar surface area (TPSA) is 79.7 Å². The van der Waals surface area contributed by atoms with Crippen molar-refractivity contribution in [2.24, 2.45) is 0 Å². The number of anilines is 1. The monoisotopic (exact) mass is 324 g/mol. The molecule has 4 rings (SSSR count). The van der Waals surface area contributed by atoms with Crippen LogP contribution in [0.2, 0.25) is 0 Å². The minimum Gasteiger partial charge on any atom is -0.497 e. The van der Waals surface area contributed by atoms with E-state index in [4.69, 9.17) is 24.5 Å². The molecule has 2 aromatic carbocycles. The standard InChI is InChI=1S/C18H16N2O4/c1-10-5-11(6-16-18(10)23-9-22-16)17-14(8-24-20-17)13-4-3-12(21-2)7-15(13)19/h3-8H,9,19H2,1-2H3. The van der Waals surface area contributed by atoms with Crippen molar-refractivity contribution in [2.45, 2.75) is 6.92 Å². The van der Waals surface area contributed by atoms with Gasteiger partial charge < -0.3 is 24.5 Å². The summed E-state index contributed by atoms with van der Waals surface area (Å²) in [5, 5.41) is 4.15. The lowest BCUT2D eigenvalue weighted by Crippen LogP contribution is -1.93. The molecule has 0 fully saturated rings. The average molecular weight is 324 g/mol. The van der Waals surface area contributed by atoms with Gasteiger partial charge in [-0.15, -0.1) is 0 Å². The number of ether oxygens (including phenoxy) is 3. The van der Waals surface area contributed by atoms with Gasteiger partial charge in [0.1, 0.15) is 17.7 Å². The van der Waals surface area contributed by atoms with Gasteiger partial charge in [0.2, 0.25) is 6.79 Å². The van der Waals surface area contributed by atoms with Gasteiger partial charge in [-0.25, -0.2) is 0 Å². The van der Waals surface area contributed by atoms with Crippen LogP contribution in [0, 0.1) is 6.92 Å². The van der Waals surface area contributed by atoms with Crippen LogP contribution in [0.5, 0.6) is 17.2 Å². The molecule has 1 aliphatic heterocycles. The molecule has 0 amide bonds. The summed E-state index contributed by atoms with van der Waals surface area (Å²) in [6.45, 7) is 2.20. The Morgan fingerprint density at radius 2 is 2.00 bits per heavy atom. The van der Waals surface area contributed by atoms with Gasteiger partial charge in [0.15, 0.2) is 11.5 Å². The summed E-state index contributed by atoms with van der Waals surface area (Å²) in [5.41, 5.74) is 11.0. The molecule has 0 radical (unpaired) electrons. The maximum absolute atomic E-state index is 6.16. The molecule has 122 valence electrons. The van der Waals surface area contributed by atoms with Gasteiger partial charge in [0.05, 0.1) is 12.7 Å². The van der Waals surface area contributed by atoms with Gasteiger partial charge in [-0.3, -0.25) is 0 Å². The number of aromatic nitrogens is 1. The molecular formula is C18H16N2O4. The number of rotatable bonds is 3. The molecule has 24 heavy (non-hydrogen) atoms. The van der Waals surface area contributed by atoms with Crippen LogP contribution in [-0.2, 0) is 0 Å². The van der Waals surface area contributed by atoms with Crippen molar-refractivity contribution in [3.05, 3.63) is 42.2 Å². The fraction of sp³-hybridized carbons (Fsp3) is 0.167. The Hall–Kier alpha value is -3.15. The third-order valence-electron chi connectivity index (χ3n) is 4.05. The molecular weight excluding hydrogens is 308 g/mol. The summed E-state index contributed by atoms with van der Waals surface area (Å²) in [5.74, 6) is 2.18. The van der Waals surface area contributed by atoms with E-state index in [9.17, 15) is 0 Å². The second-order valence-corrected chi connectivity index (χ2v) is 5.56. The van der Waals surface area contributed by atoms with E-state index in [1.54, 1.807) is 19.4 Å². The highest BCUT2D eigenvalue weighted by Crippen LogP contribution is 2.42. The number of nitrogen functional groups attached to an aromatic ring is 1. The van der Waals surface area contributed by atoms with Crippen molar-refractivity contribution in [2.75, 3.05) is 19.6 Å². The lowest BCUT2D eigenvalue weighted by molar-refractivity contribution is 0.173. The number of nitrogens with two attached hydrogens (primary N) is 1. The zero-order valence-electron chi connectivity index (χ0n) is 13.3. The van der Waals surface area contributed by atoms with Crippen molar-refractivity contribution >= 4 is 5.69 Å². The van der Waals surface area contributed by atoms with E-state index < -0.39 is 0 Å². The minimum atomic E-state index is 0.233. The van der Waals surface area contributed by atoms with E-state index in [0.29, 0.717) is 22.9 Å². The molecule has 6 nitrogen and oxygen atoms in total. The van der Waals surface area contributed by atoms with Crippen LogP contribution in [0.1, 0.15) is 5.56 Å². The molecule has 2 heterocycles. The fourth-order valence-electron chi connectivity index (χ4n) is 2.87. The van der Waals surface area contributed by atoms with Crippen LogP contribution in [0.25, 0.3) is 22.4 Å². The summed E-state index contributed by atoms with van der Waals surface area (Å²) >= 11 is 0. The molecule has 0 bridgehead atoms. The quantitative estimate of drug-likeness (QED) is 0.741. The summed E-state index contributed by atoms with van der Waals surface area (Å²) in [7, 11) is 1.61. The normalized spacial score (nSPS) is 12.4. The van der Waals surface area contributed by atoms with Gasteiger partial charge in [-0.2, -0.15) is 0 Å². The Kier molecular flexibility index (Phi) is 3.30. The number of aryl methyl sites for hydroxylation is 1. The molecule has 0 aliphatic carbocycles. The SMILES string of the molecule is COc1ccc(-c2conc2-c2cc(C)c3c(c2)OCO3)c(N)c1. The molecule has 6 heteroatoms. The van der Waals surface area contributed by atoms with Crippen LogP contribution >= 0.6 is 0 Å². The van der Waals surface area contributed by atoms with E-state index in [1.807, 2.05) is 31.2 Å². The van der Waals surface area contributed by atoms with Crippen LogP contribution in [-0.4, -0.2) is 19.1 Å². The van der Waals surface area contributed by atoms with Gasteiger partial charge >= 0.3 is 0 Å². The second kappa shape index (κ2) is 5.49. The van der Waals surface area contributed by atoms with E-state index in [-0.39, 0.29) is 6.79 Å². The first-order chi connectivity index (χ1) is 11.7. The predicted octanol–water partition coefficient (Wildman–Crippen LogP) is 3.64.